The van der Waals surface area contributed by atoms with Crippen LogP contribution in [0.25, 0.3) is 16.7 Å². The minimum atomic E-state index is -0.356. The Balaban J connectivity index is 2.51. The molecular weight excluding hydrogens is 330 g/mol. The predicted octanol–water partition coefficient (Wildman–Crippen LogP) is 2.16. The second-order valence-corrected chi connectivity index (χ2v) is 6.48. The van der Waals surface area contributed by atoms with Crippen molar-refractivity contribution in [3.05, 3.63) is 51.4 Å². The molecule has 26 heavy (non-hydrogen) atoms. The summed E-state index contributed by atoms with van der Waals surface area (Å²) in [4.78, 5) is 30.1. The van der Waals surface area contributed by atoms with Crippen LogP contribution in [0.2, 0.25) is 0 Å². The van der Waals surface area contributed by atoms with Gasteiger partial charge in [-0.3, -0.25) is 19.4 Å². The van der Waals surface area contributed by atoms with Crippen molar-refractivity contribution in [3.8, 4) is 0 Å². The van der Waals surface area contributed by atoms with Crippen molar-refractivity contribution < 1.29 is 4.79 Å². The van der Waals surface area contributed by atoms with Gasteiger partial charge < -0.3 is 9.88 Å². The Kier molecular flexibility index (Phi) is 4.63. The fraction of sp³-hybridized carbons (Fsp3) is 0.368. The van der Waals surface area contributed by atoms with Gasteiger partial charge in [-0.2, -0.15) is 0 Å². The number of aromatic nitrogens is 3. The number of hydrogen-bond donors (Lipinski definition) is 2. The van der Waals surface area contributed by atoms with E-state index in [1.807, 2.05) is 33.8 Å². The van der Waals surface area contributed by atoms with E-state index in [2.05, 4.69) is 10.3 Å². The molecule has 0 spiro atoms. The zero-order valence-corrected chi connectivity index (χ0v) is 15.5. The topological polar surface area (TPSA) is 92.2 Å². The largest absolute Gasteiger partial charge is 0.352 e. The SMILES string of the molecule is CCNC(=O)c1cc2c(=O)n3cc(C)ccc3nc2n([C@@H](C)CC)c1=N. The highest BCUT2D eigenvalue weighted by Crippen LogP contribution is 2.16. The molecule has 1 atom stereocenters. The van der Waals surface area contributed by atoms with E-state index < -0.39 is 0 Å². The van der Waals surface area contributed by atoms with Crippen molar-refractivity contribution in [2.75, 3.05) is 6.54 Å². The van der Waals surface area contributed by atoms with E-state index in [1.165, 1.54) is 10.5 Å². The van der Waals surface area contributed by atoms with Gasteiger partial charge in [-0.15, -0.1) is 0 Å². The summed E-state index contributed by atoms with van der Waals surface area (Å²) < 4.78 is 3.17. The van der Waals surface area contributed by atoms with Crippen LogP contribution in [0.3, 0.4) is 0 Å². The van der Waals surface area contributed by atoms with Gasteiger partial charge in [0.1, 0.15) is 16.8 Å². The molecule has 0 saturated carbocycles. The van der Waals surface area contributed by atoms with Crippen molar-refractivity contribution in [1.82, 2.24) is 19.3 Å². The Labute approximate surface area is 150 Å². The summed E-state index contributed by atoms with van der Waals surface area (Å²) in [6.07, 6.45) is 2.48. The highest BCUT2D eigenvalue weighted by atomic mass is 16.1. The molecule has 0 radical (unpaired) electrons. The third-order valence-electron chi connectivity index (χ3n) is 4.61. The molecule has 7 heteroatoms. The maximum atomic E-state index is 13.1. The van der Waals surface area contributed by atoms with Crippen LogP contribution >= 0.6 is 0 Å². The molecule has 0 aliphatic carbocycles. The Bertz CT molecular complexity index is 1130. The van der Waals surface area contributed by atoms with Crippen LogP contribution in [-0.2, 0) is 0 Å². The van der Waals surface area contributed by atoms with Crippen LogP contribution in [0.1, 0.15) is 49.2 Å². The number of hydrogen-bond acceptors (Lipinski definition) is 4. The molecule has 2 N–H and O–H groups in total. The lowest BCUT2D eigenvalue weighted by Crippen LogP contribution is -2.35. The standard InChI is InChI=1S/C19H23N5O2/c1-5-12(4)24-16(20)13(18(25)21-6-2)9-14-17(24)22-15-8-7-11(3)10-23(15)19(14)26/h7-10,12,20H,5-6H2,1-4H3,(H,21,25)/t12-/m0/s1. The monoisotopic (exact) mass is 353 g/mol. The number of amides is 1. The molecule has 1 amide bonds. The molecule has 0 bridgehead atoms. The zero-order valence-electron chi connectivity index (χ0n) is 15.5. The highest BCUT2D eigenvalue weighted by molar-refractivity contribution is 5.96. The maximum absolute atomic E-state index is 13.1. The van der Waals surface area contributed by atoms with Crippen molar-refractivity contribution >= 4 is 22.6 Å². The van der Waals surface area contributed by atoms with Gasteiger partial charge in [0.15, 0.2) is 0 Å². The average Bonchev–Trinajstić information content (AvgIpc) is 2.62. The summed E-state index contributed by atoms with van der Waals surface area (Å²) >= 11 is 0. The van der Waals surface area contributed by atoms with Gasteiger partial charge >= 0.3 is 0 Å². The number of nitrogens with one attached hydrogen (secondary N) is 2. The minimum Gasteiger partial charge on any atom is -0.352 e. The Morgan fingerprint density at radius 3 is 2.73 bits per heavy atom. The van der Waals surface area contributed by atoms with Crippen LogP contribution in [-0.4, -0.2) is 26.4 Å². The molecule has 3 aromatic heterocycles. The van der Waals surface area contributed by atoms with E-state index >= 15 is 0 Å². The van der Waals surface area contributed by atoms with Gasteiger partial charge in [-0.05, 0) is 44.9 Å². The van der Waals surface area contributed by atoms with Crippen LogP contribution in [0, 0.1) is 12.3 Å². The first-order chi connectivity index (χ1) is 12.4. The first kappa shape index (κ1) is 17.8. The first-order valence-corrected chi connectivity index (χ1v) is 8.80. The van der Waals surface area contributed by atoms with Crippen LogP contribution in [0.4, 0.5) is 0 Å². The molecule has 0 saturated heterocycles. The number of pyridine rings is 2. The maximum Gasteiger partial charge on any atom is 0.267 e. The highest BCUT2D eigenvalue weighted by Gasteiger charge is 2.19. The average molecular weight is 353 g/mol. The molecule has 0 aliphatic rings. The lowest BCUT2D eigenvalue weighted by Gasteiger charge is -2.19. The molecular formula is C19H23N5O2. The molecule has 0 unspecified atom stereocenters. The lowest BCUT2D eigenvalue weighted by molar-refractivity contribution is 0.0953. The summed E-state index contributed by atoms with van der Waals surface area (Å²) in [6, 6.07) is 5.11. The number of carbonyl (C=O) groups is 1. The summed E-state index contributed by atoms with van der Waals surface area (Å²) in [5, 5.41) is 11.6. The van der Waals surface area contributed by atoms with Gasteiger partial charge in [-0.25, -0.2) is 4.98 Å². The smallest absolute Gasteiger partial charge is 0.267 e. The van der Waals surface area contributed by atoms with Gasteiger partial charge in [0.25, 0.3) is 11.5 Å². The fourth-order valence-corrected chi connectivity index (χ4v) is 3.05. The molecule has 136 valence electrons. The van der Waals surface area contributed by atoms with Crippen molar-refractivity contribution in [3.63, 3.8) is 0 Å². The van der Waals surface area contributed by atoms with E-state index in [0.717, 1.165) is 12.0 Å². The van der Waals surface area contributed by atoms with E-state index in [4.69, 9.17) is 5.41 Å². The molecule has 3 heterocycles. The van der Waals surface area contributed by atoms with Gasteiger partial charge in [0, 0.05) is 18.8 Å². The third kappa shape index (κ3) is 2.79. The van der Waals surface area contributed by atoms with E-state index in [-0.39, 0.29) is 28.6 Å². The van der Waals surface area contributed by atoms with Crippen LogP contribution in [0.15, 0.2) is 29.2 Å². The molecule has 0 aliphatic heterocycles. The number of aryl methyl sites for hydroxylation is 1. The molecule has 3 rings (SSSR count). The lowest BCUT2D eigenvalue weighted by atomic mass is 10.1. The van der Waals surface area contributed by atoms with Crippen LogP contribution < -0.4 is 16.4 Å². The Hall–Kier alpha value is -2.96. The van der Waals surface area contributed by atoms with Crippen molar-refractivity contribution in [1.29, 1.82) is 5.41 Å². The number of rotatable bonds is 4. The minimum absolute atomic E-state index is 0.0702. The second-order valence-electron chi connectivity index (χ2n) is 6.48. The van der Waals surface area contributed by atoms with Crippen molar-refractivity contribution in [2.24, 2.45) is 0 Å². The van der Waals surface area contributed by atoms with E-state index in [9.17, 15) is 9.59 Å². The number of carbonyl (C=O) groups excluding carboxylic acids is 1. The quantitative estimate of drug-likeness (QED) is 0.704. The second kappa shape index (κ2) is 6.74. The summed E-state index contributed by atoms with van der Waals surface area (Å²) in [5.74, 6) is -0.356. The Morgan fingerprint density at radius 1 is 1.35 bits per heavy atom. The van der Waals surface area contributed by atoms with E-state index in [1.54, 1.807) is 16.8 Å². The summed E-state index contributed by atoms with van der Waals surface area (Å²) in [7, 11) is 0. The Morgan fingerprint density at radius 2 is 2.08 bits per heavy atom. The molecule has 0 fully saturated rings. The van der Waals surface area contributed by atoms with Gasteiger partial charge in [0.2, 0.25) is 0 Å². The molecule has 3 aromatic rings. The number of nitrogens with zero attached hydrogens (tertiary/aromatic N) is 3. The molecule has 0 aromatic carbocycles. The zero-order chi connectivity index (χ0) is 19.0. The summed E-state index contributed by atoms with van der Waals surface area (Å²) in [6.45, 7) is 8.13. The van der Waals surface area contributed by atoms with Gasteiger partial charge in [-0.1, -0.05) is 13.0 Å². The van der Waals surface area contributed by atoms with Crippen LogP contribution in [0.5, 0.6) is 0 Å². The summed E-state index contributed by atoms with van der Waals surface area (Å²) in [5.41, 5.74) is 1.92. The fourth-order valence-electron chi connectivity index (χ4n) is 3.05. The third-order valence-corrected chi connectivity index (χ3v) is 4.61. The molecule has 7 nitrogen and oxygen atoms in total. The van der Waals surface area contributed by atoms with Gasteiger partial charge in [0.05, 0.1) is 10.9 Å². The predicted molar refractivity (Wildman–Crippen MR) is 101 cm³/mol. The first-order valence-electron chi connectivity index (χ1n) is 8.80. The number of fused-ring (bicyclic) bond motifs is 2. The van der Waals surface area contributed by atoms with E-state index in [0.29, 0.717) is 23.2 Å². The normalized spacial score (nSPS) is 12.5. The van der Waals surface area contributed by atoms with Crippen molar-refractivity contribution in [2.45, 2.75) is 40.2 Å².